The predicted octanol–water partition coefficient (Wildman–Crippen LogP) is 3.94. The molecule has 1 fully saturated rings. The average molecular weight is 567 g/mol. The summed E-state index contributed by atoms with van der Waals surface area (Å²) in [5.74, 6) is -0.355. The van der Waals surface area contributed by atoms with Gasteiger partial charge in [-0.3, -0.25) is 9.59 Å². The van der Waals surface area contributed by atoms with E-state index < -0.39 is 23.8 Å². The molecular formula is C31H42N4O6. The monoisotopic (exact) mass is 566 g/mol. The second-order valence-electron chi connectivity index (χ2n) is 11.1. The molecule has 41 heavy (non-hydrogen) atoms. The van der Waals surface area contributed by atoms with E-state index >= 15 is 0 Å². The Kier molecular flexibility index (Phi) is 12.0. The van der Waals surface area contributed by atoms with Crippen LogP contribution in [0.25, 0.3) is 0 Å². The maximum absolute atomic E-state index is 13.6. The van der Waals surface area contributed by atoms with Crippen LogP contribution in [0.1, 0.15) is 57.6 Å². The van der Waals surface area contributed by atoms with Gasteiger partial charge in [0, 0.05) is 38.5 Å². The molecule has 1 saturated heterocycles. The third-order valence-corrected chi connectivity index (χ3v) is 6.53. The number of likely N-dealkylation sites (tertiary alicyclic amines) is 1. The zero-order valence-corrected chi connectivity index (χ0v) is 24.2. The van der Waals surface area contributed by atoms with Gasteiger partial charge in [0.05, 0.1) is 0 Å². The van der Waals surface area contributed by atoms with Crippen molar-refractivity contribution in [3.05, 3.63) is 71.8 Å². The minimum absolute atomic E-state index is 0.156. The third kappa shape index (κ3) is 11.5. The Morgan fingerprint density at radius 2 is 1.59 bits per heavy atom. The summed E-state index contributed by atoms with van der Waals surface area (Å²) in [6.45, 7) is 6.68. The summed E-state index contributed by atoms with van der Waals surface area (Å²) in [5, 5.41) is 8.33. The van der Waals surface area contributed by atoms with E-state index in [0.29, 0.717) is 32.5 Å². The lowest BCUT2D eigenvalue weighted by Crippen LogP contribution is -2.53. The zero-order chi connectivity index (χ0) is 29.7. The SMILES string of the molecule is CC(C)(C)OC(=O)N[C@@H](Cc1ccccc1)C(=O)N1CCC[C@@H]1CNC(=O)CCCNC(=O)OCc1ccccc1. The van der Waals surface area contributed by atoms with Gasteiger partial charge < -0.3 is 30.3 Å². The van der Waals surface area contributed by atoms with Crippen LogP contribution in [0, 0.1) is 0 Å². The van der Waals surface area contributed by atoms with Crippen LogP contribution in [0.2, 0.25) is 0 Å². The molecule has 2 atom stereocenters. The number of rotatable bonds is 12. The molecule has 1 heterocycles. The van der Waals surface area contributed by atoms with Crippen molar-refractivity contribution < 1.29 is 28.7 Å². The van der Waals surface area contributed by atoms with Gasteiger partial charge in [-0.25, -0.2) is 9.59 Å². The van der Waals surface area contributed by atoms with Gasteiger partial charge >= 0.3 is 12.2 Å². The van der Waals surface area contributed by atoms with Crippen molar-refractivity contribution in [2.24, 2.45) is 0 Å². The molecule has 10 heteroatoms. The predicted molar refractivity (Wildman–Crippen MR) is 155 cm³/mol. The van der Waals surface area contributed by atoms with Crippen molar-refractivity contribution in [1.82, 2.24) is 20.9 Å². The van der Waals surface area contributed by atoms with E-state index in [1.807, 2.05) is 60.7 Å². The van der Waals surface area contributed by atoms with Gasteiger partial charge in [-0.15, -0.1) is 0 Å². The number of benzene rings is 2. The maximum Gasteiger partial charge on any atom is 0.408 e. The van der Waals surface area contributed by atoms with Gasteiger partial charge in [0.2, 0.25) is 11.8 Å². The first kappa shape index (κ1) is 31.4. The molecule has 0 bridgehead atoms. The van der Waals surface area contributed by atoms with E-state index in [9.17, 15) is 19.2 Å². The van der Waals surface area contributed by atoms with E-state index in [4.69, 9.17) is 9.47 Å². The molecule has 3 rings (SSSR count). The van der Waals surface area contributed by atoms with Crippen molar-refractivity contribution in [3.63, 3.8) is 0 Å². The largest absolute Gasteiger partial charge is 0.445 e. The standard InChI is InChI=1S/C31H42N4O6/c1-31(2,3)41-30(39)34-26(20-23-12-6-4-7-13-23)28(37)35-19-11-16-25(35)21-33-27(36)17-10-18-32-29(38)40-22-24-14-8-5-9-15-24/h4-9,12-15,25-26H,10-11,16-22H2,1-3H3,(H,32,38)(H,33,36)(H,34,39)/t25-,26+/m1/s1. The molecule has 0 spiro atoms. The van der Waals surface area contributed by atoms with Crippen molar-refractivity contribution in [3.8, 4) is 0 Å². The normalized spacial score (nSPS) is 15.5. The van der Waals surface area contributed by atoms with Crippen LogP contribution >= 0.6 is 0 Å². The molecule has 2 aromatic rings. The smallest absolute Gasteiger partial charge is 0.408 e. The number of ether oxygens (including phenoxy) is 2. The van der Waals surface area contributed by atoms with Crippen molar-refractivity contribution in [2.75, 3.05) is 19.6 Å². The zero-order valence-electron chi connectivity index (χ0n) is 24.2. The van der Waals surface area contributed by atoms with E-state index in [1.165, 1.54) is 0 Å². The molecule has 0 unspecified atom stereocenters. The molecule has 3 N–H and O–H groups in total. The van der Waals surface area contributed by atoms with Crippen LogP contribution in [0.4, 0.5) is 9.59 Å². The number of carbonyl (C=O) groups is 4. The molecule has 1 aliphatic heterocycles. The van der Waals surface area contributed by atoms with Crippen molar-refractivity contribution >= 4 is 24.0 Å². The summed E-state index contributed by atoms with van der Waals surface area (Å²) in [5.41, 5.74) is 1.13. The highest BCUT2D eigenvalue weighted by Crippen LogP contribution is 2.19. The summed E-state index contributed by atoms with van der Waals surface area (Å²) in [6, 6.07) is 17.9. The second-order valence-corrected chi connectivity index (χ2v) is 11.1. The summed E-state index contributed by atoms with van der Waals surface area (Å²) >= 11 is 0. The van der Waals surface area contributed by atoms with E-state index in [-0.39, 0.29) is 30.9 Å². The van der Waals surface area contributed by atoms with Gasteiger partial charge in [-0.05, 0) is 51.2 Å². The molecular weight excluding hydrogens is 524 g/mol. The van der Waals surface area contributed by atoms with Crippen LogP contribution in [0.15, 0.2) is 60.7 Å². The summed E-state index contributed by atoms with van der Waals surface area (Å²) in [7, 11) is 0. The molecule has 0 radical (unpaired) electrons. The summed E-state index contributed by atoms with van der Waals surface area (Å²) in [6.07, 6.45) is 1.41. The topological polar surface area (TPSA) is 126 Å². The Morgan fingerprint density at radius 1 is 0.927 bits per heavy atom. The third-order valence-electron chi connectivity index (χ3n) is 6.53. The molecule has 10 nitrogen and oxygen atoms in total. The number of alkyl carbamates (subject to hydrolysis) is 2. The highest BCUT2D eigenvalue weighted by Gasteiger charge is 2.35. The van der Waals surface area contributed by atoms with Gasteiger partial charge in [0.25, 0.3) is 0 Å². The van der Waals surface area contributed by atoms with Gasteiger partial charge in [0.1, 0.15) is 18.2 Å². The molecule has 0 aliphatic carbocycles. The van der Waals surface area contributed by atoms with Crippen LogP contribution in [0.3, 0.4) is 0 Å². The van der Waals surface area contributed by atoms with Crippen molar-refractivity contribution in [1.29, 1.82) is 0 Å². The van der Waals surface area contributed by atoms with Gasteiger partial charge in [-0.1, -0.05) is 60.7 Å². The highest BCUT2D eigenvalue weighted by molar-refractivity contribution is 5.86. The molecule has 4 amide bonds. The average Bonchev–Trinajstić information content (AvgIpc) is 3.41. The fourth-order valence-corrected chi connectivity index (χ4v) is 4.57. The Hall–Kier alpha value is -4.08. The lowest BCUT2D eigenvalue weighted by atomic mass is 10.0. The molecule has 1 aliphatic rings. The Balaban J connectivity index is 1.44. The van der Waals surface area contributed by atoms with Gasteiger partial charge in [0.15, 0.2) is 0 Å². The highest BCUT2D eigenvalue weighted by atomic mass is 16.6. The van der Waals surface area contributed by atoms with Gasteiger partial charge in [-0.2, -0.15) is 0 Å². The van der Waals surface area contributed by atoms with Crippen LogP contribution in [0.5, 0.6) is 0 Å². The van der Waals surface area contributed by atoms with E-state index in [1.54, 1.807) is 25.7 Å². The quantitative estimate of drug-likeness (QED) is 0.334. The first-order chi connectivity index (χ1) is 19.6. The van der Waals surface area contributed by atoms with Crippen molar-refractivity contribution in [2.45, 2.75) is 77.2 Å². The fraction of sp³-hybridized carbons (Fsp3) is 0.484. The fourth-order valence-electron chi connectivity index (χ4n) is 4.57. The number of nitrogens with one attached hydrogen (secondary N) is 3. The number of hydrogen-bond acceptors (Lipinski definition) is 6. The number of carbonyl (C=O) groups excluding carboxylic acids is 4. The molecule has 222 valence electrons. The van der Waals surface area contributed by atoms with Crippen LogP contribution in [-0.4, -0.2) is 66.2 Å². The van der Waals surface area contributed by atoms with Crippen LogP contribution < -0.4 is 16.0 Å². The molecule has 0 saturated carbocycles. The summed E-state index contributed by atoms with van der Waals surface area (Å²) < 4.78 is 10.6. The number of amides is 4. The first-order valence-corrected chi connectivity index (χ1v) is 14.2. The van der Waals surface area contributed by atoms with Crippen LogP contribution in [-0.2, 0) is 32.1 Å². The van der Waals surface area contributed by atoms with E-state index in [0.717, 1.165) is 24.0 Å². The minimum atomic E-state index is -0.795. The Bertz CT molecular complexity index is 1140. The second kappa shape index (κ2) is 15.6. The number of hydrogen-bond donors (Lipinski definition) is 3. The maximum atomic E-state index is 13.6. The lowest BCUT2D eigenvalue weighted by molar-refractivity contribution is -0.134. The molecule has 0 aromatic heterocycles. The Labute approximate surface area is 242 Å². The molecule has 2 aromatic carbocycles. The Morgan fingerprint density at radius 3 is 2.24 bits per heavy atom. The lowest BCUT2D eigenvalue weighted by Gasteiger charge is -2.30. The minimum Gasteiger partial charge on any atom is -0.445 e. The van der Waals surface area contributed by atoms with E-state index in [2.05, 4.69) is 16.0 Å². The summed E-state index contributed by atoms with van der Waals surface area (Å²) in [4.78, 5) is 52.2. The number of nitrogens with zero attached hydrogens (tertiary/aromatic N) is 1. The first-order valence-electron chi connectivity index (χ1n) is 14.2.